The molecule has 0 atom stereocenters. The number of aromatic hydroxyl groups is 1. The summed E-state index contributed by atoms with van der Waals surface area (Å²) in [6, 6.07) is 14.0. The average molecular weight is 477 g/mol. The molecule has 8 heteroatoms. The molecule has 4 N–H and O–H groups in total. The second-order valence-corrected chi connectivity index (χ2v) is 8.38. The third-order valence-corrected chi connectivity index (χ3v) is 5.77. The summed E-state index contributed by atoms with van der Waals surface area (Å²) in [5, 5.41) is 27.2. The maximum absolute atomic E-state index is 12.3. The van der Waals surface area contributed by atoms with Crippen LogP contribution in [-0.2, 0) is 0 Å². The Kier molecular flexibility index (Phi) is 6.79. The van der Waals surface area contributed by atoms with E-state index < -0.39 is 5.97 Å². The van der Waals surface area contributed by atoms with Crippen LogP contribution in [-0.4, -0.2) is 27.8 Å². The number of phenols is 1. The van der Waals surface area contributed by atoms with Gasteiger partial charge in [-0.3, -0.25) is 4.79 Å². The van der Waals surface area contributed by atoms with Crippen molar-refractivity contribution in [3.05, 3.63) is 70.4 Å². The lowest BCUT2D eigenvalue weighted by Gasteiger charge is -2.18. The molecule has 0 amide bonds. The number of unbranched alkanes of at least 4 members (excludes halogenated alkanes) is 2. The van der Waals surface area contributed by atoms with Crippen molar-refractivity contribution in [3.8, 4) is 28.2 Å². The molecule has 2 aromatic carbocycles. The van der Waals surface area contributed by atoms with Gasteiger partial charge in [0.15, 0.2) is 10.5 Å². The molecule has 1 aliphatic carbocycles. The summed E-state index contributed by atoms with van der Waals surface area (Å²) in [5.74, 6) is -0.809. The van der Waals surface area contributed by atoms with Crippen molar-refractivity contribution in [2.24, 2.45) is 0 Å². The summed E-state index contributed by atoms with van der Waals surface area (Å²) in [4.78, 5) is 24.2. The molecular formula is C26H24N2O5S. The van der Waals surface area contributed by atoms with E-state index in [1.807, 2.05) is 0 Å². The Morgan fingerprint density at radius 3 is 2.59 bits per heavy atom. The first kappa shape index (κ1) is 23.3. The monoisotopic (exact) mass is 476 g/mol. The van der Waals surface area contributed by atoms with Gasteiger partial charge in [-0.25, -0.2) is 4.79 Å². The lowest BCUT2D eigenvalue weighted by molar-refractivity contribution is 0.0697. The van der Waals surface area contributed by atoms with E-state index >= 15 is 0 Å². The minimum atomic E-state index is -1.11. The number of thiocarbonyl (C=S) groups is 1. The van der Waals surface area contributed by atoms with Gasteiger partial charge >= 0.3 is 5.97 Å². The first-order valence-corrected chi connectivity index (χ1v) is 11.4. The third-order valence-electron chi connectivity index (χ3n) is 5.52. The zero-order chi connectivity index (χ0) is 24.2. The minimum absolute atomic E-state index is 0.00205. The fraction of sp³-hybridized carbons (Fsp3) is 0.192. The third kappa shape index (κ3) is 4.87. The standard InChI is InChI=1S/C26H24N2O5S/c1-2-3-4-11-27-26(34)28-15-5-8-18(21(12-15)25(31)32)24-19-9-6-16(29)13-22(19)33-23-14-17(30)7-10-20(23)24/h5-10,12-14,29H,2-4,11H2,1H3,(H,31,32)(H2,27,28,34). The highest BCUT2D eigenvalue weighted by molar-refractivity contribution is 7.80. The molecule has 2 aliphatic rings. The SMILES string of the molecule is CCCCCNC(=S)Nc1ccc(-c2c3ccc(=O)cc-3oc3cc(O)ccc23)c(C(=O)O)c1. The highest BCUT2D eigenvalue weighted by Gasteiger charge is 2.22. The number of carboxylic acids is 1. The largest absolute Gasteiger partial charge is 0.508 e. The molecule has 0 saturated heterocycles. The normalized spacial score (nSPS) is 11.0. The topological polar surface area (TPSA) is 112 Å². The van der Waals surface area contributed by atoms with Crippen molar-refractivity contribution >= 4 is 40.0 Å². The molecular weight excluding hydrogens is 452 g/mol. The molecule has 0 saturated carbocycles. The van der Waals surface area contributed by atoms with E-state index in [9.17, 15) is 19.8 Å². The number of carbonyl (C=O) groups is 1. The second-order valence-electron chi connectivity index (χ2n) is 7.97. The number of anilines is 1. The number of hydrogen-bond donors (Lipinski definition) is 4. The minimum Gasteiger partial charge on any atom is -0.508 e. The number of phenolic OH excluding ortho intramolecular Hbond substituents is 1. The van der Waals surface area contributed by atoms with Crippen LogP contribution in [0.4, 0.5) is 5.69 Å². The number of hydrogen-bond acceptors (Lipinski definition) is 5. The van der Waals surface area contributed by atoms with Gasteiger partial charge in [0.2, 0.25) is 0 Å². The fourth-order valence-corrected chi connectivity index (χ4v) is 4.14. The second kappa shape index (κ2) is 9.93. The van der Waals surface area contributed by atoms with Gasteiger partial charge < -0.3 is 25.3 Å². The molecule has 0 radical (unpaired) electrons. The van der Waals surface area contributed by atoms with Crippen molar-refractivity contribution in [3.63, 3.8) is 0 Å². The molecule has 2 aromatic rings. The Morgan fingerprint density at radius 2 is 1.82 bits per heavy atom. The quantitative estimate of drug-likeness (QED) is 0.158. The van der Waals surface area contributed by atoms with E-state index in [1.165, 1.54) is 30.3 Å². The van der Waals surface area contributed by atoms with Crippen LogP contribution >= 0.6 is 12.2 Å². The zero-order valence-corrected chi connectivity index (χ0v) is 19.4. The molecule has 0 fully saturated rings. The van der Waals surface area contributed by atoms with Gasteiger partial charge in [0.25, 0.3) is 0 Å². The van der Waals surface area contributed by atoms with Crippen LogP contribution in [0.2, 0.25) is 0 Å². The van der Waals surface area contributed by atoms with Gasteiger partial charge in [0.1, 0.15) is 17.1 Å². The number of fused-ring (bicyclic) bond motifs is 2. The Labute approximate surface area is 201 Å². The highest BCUT2D eigenvalue weighted by atomic mass is 32.1. The Bertz CT molecular complexity index is 1410. The highest BCUT2D eigenvalue weighted by Crippen LogP contribution is 2.42. The molecule has 174 valence electrons. The van der Waals surface area contributed by atoms with Gasteiger partial charge in [-0.1, -0.05) is 25.8 Å². The molecule has 0 unspecified atom stereocenters. The molecule has 1 heterocycles. The van der Waals surface area contributed by atoms with Crippen LogP contribution in [0, 0.1) is 0 Å². The van der Waals surface area contributed by atoms with Crippen molar-refractivity contribution in [2.45, 2.75) is 26.2 Å². The molecule has 4 rings (SSSR count). The van der Waals surface area contributed by atoms with Gasteiger partial charge in [0.05, 0.1) is 5.56 Å². The maximum atomic E-state index is 12.3. The molecule has 0 bridgehead atoms. The summed E-state index contributed by atoms with van der Waals surface area (Å²) in [7, 11) is 0. The van der Waals surface area contributed by atoms with Gasteiger partial charge in [-0.05, 0) is 60.6 Å². The fourth-order valence-electron chi connectivity index (χ4n) is 3.92. The van der Waals surface area contributed by atoms with E-state index in [2.05, 4.69) is 17.6 Å². The van der Waals surface area contributed by atoms with Crippen LogP contribution in [0.25, 0.3) is 33.4 Å². The molecule has 0 aromatic heterocycles. The Balaban J connectivity index is 1.81. The lowest BCUT2D eigenvalue weighted by Crippen LogP contribution is -2.29. The predicted molar refractivity (Wildman–Crippen MR) is 137 cm³/mol. The first-order valence-electron chi connectivity index (χ1n) is 11.0. The van der Waals surface area contributed by atoms with E-state index in [0.29, 0.717) is 44.2 Å². The van der Waals surface area contributed by atoms with Crippen molar-refractivity contribution < 1.29 is 19.4 Å². The number of carboxylic acid groups (broad SMARTS) is 1. The van der Waals surface area contributed by atoms with Crippen LogP contribution in [0.5, 0.6) is 5.75 Å². The van der Waals surface area contributed by atoms with Gasteiger partial charge in [-0.2, -0.15) is 0 Å². The number of nitrogens with one attached hydrogen (secondary N) is 2. The van der Waals surface area contributed by atoms with Crippen LogP contribution in [0.15, 0.2) is 63.8 Å². The Morgan fingerprint density at radius 1 is 1.03 bits per heavy atom. The van der Waals surface area contributed by atoms with Crippen LogP contribution in [0.1, 0.15) is 36.5 Å². The lowest BCUT2D eigenvalue weighted by atomic mass is 9.90. The molecule has 34 heavy (non-hydrogen) atoms. The Hall–Kier alpha value is -3.91. The molecule has 0 spiro atoms. The number of benzene rings is 3. The summed E-state index contributed by atoms with van der Waals surface area (Å²) >= 11 is 5.34. The maximum Gasteiger partial charge on any atom is 0.336 e. The average Bonchev–Trinajstić information content (AvgIpc) is 2.80. The summed E-state index contributed by atoms with van der Waals surface area (Å²) in [5.41, 5.74) is 2.35. The van der Waals surface area contributed by atoms with Gasteiger partial charge in [0, 0.05) is 40.9 Å². The van der Waals surface area contributed by atoms with E-state index in [4.69, 9.17) is 16.6 Å². The smallest absolute Gasteiger partial charge is 0.336 e. The summed E-state index contributed by atoms with van der Waals surface area (Å²) in [6.07, 6.45) is 3.21. The first-order chi connectivity index (χ1) is 16.4. The van der Waals surface area contributed by atoms with E-state index in [0.717, 1.165) is 25.8 Å². The van der Waals surface area contributed by atoms with Gasteiger partial charge in [-0.15, -0.1) is 0 Å². The van der Waals surface area contributed by atoms with Crippen molar-refractivity contribution in [1.82, 2.24) is 5.32 Å². The van der Waals surface area contributed by atoms with Crippen LogP contribution < -0.4 is 16.1 Å². The number of aromatic carboxylic acids is 1. The van der Waals surface area contributed by atoms with Crippen LogP contribution in [0.3, 0.4) is 0 Å². The number of rotatable bonds is 7. The summed E-state index contributed by atoms with van der Waals surface area (Å²) < 4.78 is 5.86. The molecule has 1 aliphatic heterocycles. The summed E-state index contributed by atoms with van der Waals surface area (Å²) in [6.45, 7) is 2.87. The molecule has 7 nitrogen and oxygen atoms in total. The van der Waals surface area contributed by atoms with Crippen molar-refractivity contribution in [1.29, 1.82) is 0 Å². The predicted octanol–water partition coefficient (Wildman–Crippen LogP) is 5.45. The van der Waals surface area contributed by atoms with Crippen molar-refractivity contribution in [2.75, 3.05) is 11.9 Å². The zero-order valence-electron chi connectivity index (χ0n) is 18.6. The van der Waals surface area contributed by atoms with E-state index in [1.54, 1.807) is 24.3 Å². The van der Waals surface area contributed by atoms with E-state index in [-0.39, 0.29) is 16.7 Å².